The molecule has 0 bridgehead atoms. The van der Waals surface area contributed by atoms with Gasteiger partial charge in [0.05, 0.1) is 10.4 Å². The van der Waals surface area contributed by atoms with Crippen LogP contribution in [0.5, 0.6) is 0 Å². The van der Waals surface area contributed by atoms with E-state index >= 15 is 4.39 Å². The molecule has 0 atom stereocenters. The van der Waals surface area contributed by atoms with Crippen molar-refractivity contribution in [3.63, 3.8) is 0 Å². The molecule has 3 heterocycles. The molecule has 0 aliphatic carbocycles. The van der Waals surface area contributed by atoms with Gasteiger partial charge >= 0.3 is 0 Å². The van der Waals surface area contributed by atoms with Gasteiger partial charge < -0.3 is 9.80 Å². The van der Waals surface area contributed by atoms with Crippen LogP contribution in [0.25, 0.3) is 32.9 Å². The van der Waals surface area contributed by atoms with Crippen molar-refractivity contribution in [2.75, 3.05) is 38.1 Å². The molecule has 2 aromatic heterocycles. The summed E-state index contributed by atoms with van der Waals surface area (Å²) in [5.74, 6) is -0.668. The fraction of sp³-hybridized carbons (Fsp3) is 0.227. The molecule has 0 saturated carbocycles. The number of pyridine rings is 1. The maximum atomic E-state index is 15.7. The van der Waals surface area contributed by atoms with E-state index in [0.29, 0.717) is 27.5 Å². The monoisotopic (exact) mass is 459 g/mol. The van der Waals surface area contributed by atoms with Crippen LogP contribution < -0.4 is 4.90 Å². The minimum absolute atomic E-state index is 0.0321. The number of rotatable bonds is 2. The summed E-state index contributed by atoms with van der Waals surface area (Å²) in [4.78, 5) is 17.1. The second-order valence-electron chi connectivity index (χ2n) is 7.55. The predicted molar refractivity (Wildman–Crippen MR) is 120 cm³/mol. The Morgan fingerprint density at radius 2 is 1.74 bits per heavy atom. The molecule has 31 heavy (non-hydrogen) atoms. The molecule has 5 rings (SSSR count). The van der Waals surface area contributed by atoms with Gasteiger partial charge in [0.25, 0.3) is 0 Å². The van der Waals surface area contributed by atoms with Crippen LogP contribution >= 0.6 is 23.2 Å². The maximum Gasteiger partial charge on any atom is 0.225 e. The van der Waals surface area contributed by atoms with Gasteiger partial charge in [-0.15, -0.1) is 0 Å². The first kappa shape index (κ1) is 20.3. The second-order valence-corrected chi connectivity index (χ2v) is 8.27. The molecule has 0 amide bonds. The summed E-state index contributed by atoms with van der Waals surface area (Å²) in [5, 5.41) is 1.44. The number of fused-ring (bicyclic) bond motifs is 2. The average molecular weight is 460 g/mol. The Morgan fingerprint density at radius 3 is 2.52 bits per heavy atom. The van der Waals surface area contributed by atoms with E-state index in [9.17, 15) is 4.39 Å². The zero-order chi connectivity index (χ0) is 21.7. The first-order chi connectivity index (χ1) is 14.9. The molecule has 0 spiro atoms. The Bertz CT molecular complexity index is 1320. The van der Waals surface area contributed by atoms with Crippen molar-refractivity contribution in [2.45, 2.75) is 0 Å². The second kappa shape index (κ2) is 7.82. The standard InChI is InChI=1S/C22H17Cl2F2N5/c1-30-7-9-31(10-8-30)21-14-11-27-19(18(26)20(14)28-22(24)29-21)13-4-2-3-12-5-6-15(25)17(23)16(12)13/h2-6,11H,7-10H2,1H3. The van der Waals surface area contributed by atoms with E-state index in [2.05, 4.69) is 24.8 Å². The molecule has 1 aliphatic heterocycles. The molecule has 0 unspecified atom stereocenters. The molecule has 1 aliphatic rings. The largest absolute Gasteiger partial charge is 0.353 e. The average Bonchev–Trinajstić information content (AvgIpc) is 2.77. The summed E-state index contributed by atoms with van der Waals surface area (Å²) in [7, 11) is 2.05. The minimum Gasteiger partial charge on any atom is -0.353 e. The Morgan fingerprint density at radius 1 is 0.968 bits per heavy atom. The van der Waals surface area contributed by atoms with Crippen LogP contribution in [0.15, 0.2) is 36.5 Å². The van der Waals surface area contributed by atoms with E-state index < -0.39 is 11.6 Å². The molecule has 5 nitrogen and oxygen atoms in total. The Kier molecular flexibility index (Phi) is 5.12. The highest BCUT2D eigenvalue weighted by Gasteiger charge is 2.23. The highest BCUT2D eigenvalue weighted by Crippen LogP contribution is 2.38. The van der Waals surface area contributed by atoms with Gasteiger partial charge in [0.2, 0.25) is 5.28 Å². The van der Waals surface area contributed by atoms with Gasteiger partial charge in [-0.1, -0.05) is 35.9 Å². The Labute approximate surface area is 187 Å². The zero-order valence-corrected chi connectivity index (χ0v) is 18.1. The van der Waals surface area contributed by atoms with Crippen LogP contribution in [0.2, 0.25) is 10.3 Å². The lowest BCUT2D eigenvalue weighted by molar-refractivity contribution is 0.312. The summed E-state index contributed by atoms with van der Waals surface area (Å²) >= 11 is 12.4. The summed E-state index contributed by atoms with van der Waals surface area (Å²) < 4.78 is 29.9. The molecular weight excluding hydrogens is 443 g/mol. The number of benzene rings is 2. The lowest BCUT2D eigenvalue weighted by Gasteiger charge is -2.33. The lowest BCUT2D eigenvalue weighted by Crippen LogP contribution is -2.45. The fourth-order valence-electron chi connectivity index (χ4n) is 3.97. The van der Waals surface area contributed by atoms with Crippen molar-refractivity contribution in [1.82, 2.24) is 19.9 Å². The topological polar surface area (TPSA) is 45.2 Å². The van der Waals surface area contributed by atoms with Crippen molar-refractivity contribution in [3.05, 3.63) is 58.5 Å². The molecule has 1 fully saturated rings. The van der Waals surface area contributed by atoms with Crippen LogP contribution in [-0.2, 0) is 0 Å². The third-order valence-corrected chi connectivity index (χ3v) is 6.17. The number of anilines is 1. The van der Waals surface area contributed by atoms with E-state index in [0.717, 1.165) is 26.2 Å². The normalized spacial score (nSPS) is 15.2. The van der Waals surface area contributed by atoms with Gasteiger partial charge in [0, 0.05) is 43.3 Å². The van der Waals surface area contributed by atoms with Gasteiger partial charge in [0.15, 0.2) is 5.82 Å². The summed E-state index contributed by atoms with van der Waals surface area (Å²) in [6.07, 6.45) is 1.55. The molecule has 0 N–H and O–H groups in total. The minimum atomic E-state index is -0.648. The number of halogens is 4. The summed E-state index contributed by atoms with van der Waals surface area (Å²) in [6.45, 7) is 3.19. The highest BCUT2D eigenvalue weighted by molar-refractivity contribution is 6.36. The van der Waals surface area contributed by atoms with Gasteiger partial charge in [-0.05, 0) is 30.1 Å². The smallest absolute Gasteiger partial charge is 0.225 e. The Hall–Kier alpha value is -2.61. The van der Waals surface area contributed by atoms with Crippen LogP contribution in [-0.4, -0.2) is 53.1 Å². The molecule has 158 valence electrons. The predicted octanol–water partition coefficient (Wildman–Crippen LogP) is 5.18. The van der Waals surface area contributed by atoms with Gasteiger partial charge in [-0.2, -0.15) is 4.98 Å². The molecule has 4 aromatic rings. The fourth-order valence-corrected chi connectivity index (χ4v) is 4.41. The number of likely N-dealkylation sites (N-methyl/N-ethyl adjacent to an activating group) is 1. The summed E-state index contributed by atoms with van der Waals surface area (Å²) in [6, 6.07) is 8.08. The van der Waals surface area contributed by atoms with Gasteiger partial charge in [-0.25, -0.2) is 13.8 Å². The van der Waals surface area contributed by atoms with Crippen LogP contribution in [0.4, 0.5) is 14.6 Å². The SMILES string of the molecule is CN1CCN(c2nc(Cl)nc3c(F)c(-c4cccc5ccc(F)c(Cl)c45)ncc23)CC1. The van der Waals surface area contributed by atoms with E-state index in [1.54, 1.807) is 30.5 Å². The molecule has 9 heteroatoms. The number of nitrogens with zero attached hydrogens (tertiary/aromatic N) is 5. The van der Waals surface area contributed by atoms with E-state index in [-0.39, 0.29) is 21.5 Å². The van der Waals surface area contributed by atoms with Gasteiger partial charge in [-0.3, -0.25) is 4.98 Å². The van der Waals surface area contributed by atoms with E-state index in [4.69, 9.17) is 23.2 Å². The van der Waals surface area contributed by atoms with Crippen LogP contribution in [0.1, 0.15) is 0 Å². The molecule has 1 saturated heterocycles. The van der Waals surface area contributed by atoms with Crippen molar-refractivity contribution >= 4 is 50.7 Å². The number of hydrogen-bond acceptors (Lipinski definition) is 5. The van der Waals surface area contributed by atoms with E-state index in [1.807, 2.05) is 7.05 Å². The van der Waals surface area contributed by atoms with Crippen molar-refractivity contribution in [1.29, 1.82) is 0 Å². The third kappa shape index (κ3) is 3.46. The number of aromatic nitrogens is 3. The lowest BCUT2D eigenvalue weighted by atomic mass is 10.0. The number of hydrogen-bond donors (Lipinski definition) is 0. The highest BCUT2D eigenvalue weighted by atomic mass is 35.5. The molecule has 0 radical (unpaired) electrons. The number of piperazine rings is 1. The first-order valence-electron chi connectivity index (χ1n) is 9.76. The van der Waals surface area contributed by atoms with Crippen molar-refractivity contribution in [3.8, 4) is 11.3 Å². The van der Waals surface area contributed by atoms with Crippen molar-refractivity contribution in [2.24, 2.45) is 0 Å². The van der Waals surface area contributed by atoms with Gasteiger partial charge in [0.1, 0.15) is 22.8 Å². The van der Waals surface area contributed by atoms with Crippen molar-refractivity contribution < 1.29 is 8.78 Å². The summed E-state index contributed by atoms with van der Waals surface area (Å²) in [5.41, 5.74) is 0.491. The molecule has 2 aromatic carbocycles. The molecular formula is C22H17Cl2F2N5. The van der Waals surface area contributed by atoms with Crippen LogP contribution in [0.3, 0.4) is 0 Å². The third-order valence-electron chi connectivity index (χ3n) is 5.63. The quantitative estimate of drug-likeness (QED) is 0.386. The Balaban J connectivity index is 1.72. The maximum absolute atomic E-state index is 15.7. The first-order valence-corrected chi connectivity index (χ1v) is 10.5. The van der Waals surface area contributed by atoms with E-state index in [1.165, 1.54) is 6.07 Å². The van der Waals surface area contributed by atoms with Crippen LogP contribution in [0, 0.1) is 11.6 Å². The zero-order valence-electron chi connectivity index (χ0n) is 16.5.